The molecule has 3 aromatic heterocycles. The largest absolute Gasteiger partial charge is 0.464 e. The summed E-state index contributed by atoms with van der Waals surface area (Å²) in [6.07, 6.45) is 3.61. The number of aromatic nitrogens is 4. The van der Waals surface area contributed by atoms with Gasteiger partial charge in [0.05, 0.1) is 5.52 Å². The summed E-state index contributed by atoms with van der Waals surface area (Å²) in [6, 6.07) is 11.6. The van der Waals surface area contributed by atoms with Crippen LogP contribution in [0.4, 0.5) is 10.6 Å². The number of hydrogen-bond acceptors (Lipinski definition) is 5. The number of rotatable bonds is 4. The van der Waals surface area contributed by atoms with Gasteiger partial charge in [0.25, 0.3) is 5.91 Å². The van der Waals surface area contributed by atoms with Crippen molar-refractivity contribution in [3.63, 3.8) is 0 Å². The lowest BCUT2D eigenvalue weighted by molar-refractivity contribution is 0.102. The first-order chi connectivity index (χ1) is 13.5. The van der Waals surface area contributed by atoms with Gasteiger partial charge in [-0.05, 0) is 30.3 Å². The Morgan fingerprint density at radius 2 is 1.89 bits per heavy atom. The van der Waals surface area contributed by atoms with Gasteiger partial charge in [-0.3, -0.25) is 19.0 Å². The second-order valence-corrected chi connectivity index (χ2v) is 6.00. The van der Waals surface area contributed by atoms with Gasteiger partial charge < -0.3 is 15.2 Å². The molecule has 3 heterocycles. The lowest BCUT2D eigenvalue weighted by Crippen LogP contribution is -2.14. The first-order valence-electron chi connectivity index (χ1n) is 8.29. The first kappa shape index (κ1) is 17.3. The van der Waals surface area contributed by atoms with Crippen LogP contribution < -0.4 is 10.1 Å². The maximum atomic E-state index is 12.3. The number of benzene rings is 1. The molecule has 0 radical (unpaired) electrons. The number of carbonyl (C=O) groups excluding carboxylic acids is 1. The average molecular weight is 377 g/mol. The zero-order valence-corrected chi connectivity index (χ0v) is 14.7. The van der Waals surface area contributed by atoms with Crippen molar-refractivity contribution in [1.29, 1.82) is 0 Å². The highest BCUT2D eigenvalue weighted by atomic mass is 16.5. The average Bonchev–Trinajstić information content (AvgIpc) is 3.27. The molecule has 0 spiro atoms. The van der Waals surface area contributed by atoms with Gasteiger partial charge in [0, 0.05) is 43.2 Å². The first-order valence-corrected chi connectivity index (χ1v) is 8.29. The van der Waals surface area contributed by atoms with E-state index < -0.39 is 12.0 Å². The molecular weight excluding hydrogens is 362 g/mol. The number of nitrogens with one attached hydrogen (secondary N) is 1. The number of amides is 1. The van der Waals surface area contributed by atoms with Crippen molar-refractivity contribution >= 4 is 28.7 Å². The van der Waals surface area contributed by atoms with Crippen LogP contribution in [0, 0.1) is 0 Å². The van der Waals surface area contributed by atoms with E-state index in [0.29, 0.717) is 22.8 Å². The summed E-state index contributed by atoms with van der Waals surface area (Å²) in [6.45, 7) is 0. The van der Waals surface area contributed by atoms with Gasteiger partial charge in [0.1, 0.15) is 17.2 Å². The van der Waals surface area contributed by atoms with Gasteiger partial charge in [0.15, 0.2) is 5.82 Å². The van der Waals surface area contributed by atoms with E-state index in [0.717, 1.165) is 9.95 Å². The maximum Gasteiger partial charge on any atom is 0.415 e. The smallest absolute Gasteiger partial charge is 0.415 e. The molecule has 4 rings (SSSR count). The van der Waals surface area contributed by atoms with Crippen LogP contribution in [0.2, 0.25) is 0 Å². The molecule has 140 valence electrons. The zero-order chi connectivity index (χ0) is 19.7. The quantitative estimate of drug-likeness (QED) is 0.564. The number of carbonyl (C=O) groups is 2. The second-order valence-electron chi connectivity index (χ2n) is 6.00. The van der Waals surface area contributed by atoms with E-state index in [9.17, 15) is 9.59 Å². The molecule has 0 saturated heterocycles. The lowest BCUT2D eigenvalue weighted by atomic mass is 10.2. The van der Waals surface area contributed by atoms with Crippen LogP contribution in [0.15, 0.2) is 61.1 Å². The Hall–Kier alpha value is -4.14. The number of aryl methyl sites for hydroxylation is 1. The molecule has 0 fully saturated rings. The summed E-state index contributed by atoms with van der Waals surface area (Å²) in [4.78, 5) is 27.6. The fourth-order valence-corrected chi connectivity index (χ4v) is 2.75. The Labute approximate surface area is 158 Å². The summed E-state index contributed by atoms with van der Waals surface area (Å²) >= 11 is 0. The van der Waals surface area contributed by atoms with Crippen LogP contribution in [0.3, 0.4) is 0 Å². The van der Waals surface area contributed by atoms with Crippen LogP contribution in [-0.4, -0.2) is 36.4 Å². The maximum absolute atomic E-state index is 12.3. The third-order valence-corrected chi connectivity index (χ3v) is 4.02. The van der Waals surface area contributed by atoms with Crippen molar-refractivity contribution in [2.45, 2.75) is 0 Å². The predicted molar refractivity (Wildman–Crippen MR) is 101 cm³/mol. The SMILES string of the molecule is Cn1ccc(NC(=O)c2cc(Oc3ccc4c(ccn4C(=O)O)c3)ccn2)n1. The molecule has 0 aliphatic carbocycles. The van der Waals surface area contributed by atoms with Gasteiger partial charge >= 0.3 is 6.09 Å². The highest BCUT2D eigenvalue weighted by molar-refractivity contribution is 6.02. The molecule has 1 amide bonds. The standard InChI is InChI=1S/C19H15N5O4/c1-23-8-6-17(22-23)21-18(25)15-11-14(4-7-20-15)28-13-2-3-16-12(10-13)5-9-24(16)19(26)27/h2-11H,1H3,(H,26,27)(H,21,22,25). The van der Waals surface area contributed by atoms with E-state index in [1.807, 2.05) is 0 Å². The molecule has 2 N–H and O–H groups in total. The molecule has 0 atom stereocenters. The Morgan fingerprint density at radius 1 is 1.07 bits per heavy atom. The Balaban J connectivity index is 1.54. The fourth-order valence-electron chi connectivity index (χ4n) is 2.75. The Kier molecular flexibility index (Phi) is 4.24. The molecular formula is C19H15N5O4. The van der Waals surface area contributed by atoms with Gasteiger partial charge in [0.2, 0.25) is 0 Å². The van der Waals surface area contributed by atoms with E-state index in [2.05, 4.69) is 15.4 Å². The lowest BCUT2D eigenvalue weighted by Gasteiger charge is -2.08. The third-order valence-electron chi connectivity index (χ3n) is 4.02. The summed E-state index contributed by atoms with van der Waals surface area (Å²) in [5, 5.41) is 16.6. The minimum atomic E-state index is -1.05. The molecule has 9 heteroatoms. The van der Waals surface area contributed by atoms with E-state index in [4.69, 9.17) is 9.84 Å². The van der Waals surface area contributed by atoms with Crippen LogP contribution in [0.5, 0.6) is 11.5 Å². The molecule has 0 aliphatic heterocycles. The van der Waals surface area contributed by atoms with Crippen LogP contribution in [-0.2, 0) is 7.05 Å². The fraction of sp³-hybridized carbons (Fsp3) is 0.0526. The number of nitrogens with zero attached hydrogens (tertiary/aromatic N) is 4. The van der Waals surface area contributed by atoms with Crippen LogP contribution in [0.1, 0.15) is 10.5 Å². The van der Waals surface area contributed by atoms with E-state index in [1.54, 1.807) is 54.3 Å². The Bertz CT molecular complexity index is 1190. The molecule has 0 saturated carbocycles. The summed E-state index contributed by atoms with van der Waals surface area (Å²) < 4.78 is 8.52. The molecule has 0 unspecified atom stereocenters. The summed E-state index contributed by atoms with van der Waals surface area (Å²) in [5.41, 5.74) is 0.742. The van der Waals surface area contributed by atoms with E-state index in [1.165, 1.54) is 18.5 Å². The van der Waals surface area contributed by atoms with Crippen LogP contribution >= 0.6 is 0 Å². The predicted octanol–water partition coefficient (Wildman–Crippen LogP) is 3.34. The van der Waals surface area contributed by atoms with Crippen molar-refractivity contribution in [3.05, 3.63) is 66.7 Å². The Morgan fingerprint density at radius 3 is 2.64 bits per heavy atom. The number of hydrogen-bond donors (Lipinski definition) is 2. The van der Waals surface area contributed by atoms with Crippen LogP contribution in [0.25, 0.3) is 10.9 Å². The molecule has 9 nitrogen and oxygen atoms in total. The number of anilines is 1. The summed E-state index contributed by atoms with van der Waals surface area (Å²) in [5.74, 6) is 0.961. The van der Waals surface area contributed by atoms with Crippen molar-refractivity contribution in [2.24, 2.45) is 7.05 Å². The van der Waals surface area contributed by atoms with E-state index >= 15 is 0 Å². The van der Waals surface area contributed by atoms with Gasteiger partial charge in [-0.2, -0.15) is 5.10 Å². The van der Waals surface area contributed by atoms with Gasteiger partial charge in [-0.1, -0.05) is 0 Å². The number of carboxylic acid groups (broad SMARTS) is 1. The second kappa shape index (κ2) is 6.88. The van der Waals surface area contributed by atoms with Gasteiger partial charge in [-0.25, -0.2) is 4.79 Å². The number of ether oxygens (including phenoxy) is 1. The van der Waals surface area contributed by atoms with Crippen molar-refractivity contribution in [3.8, 4) is 11.5 Å². The minimum Gasteiger partial charge on any atom is -0.464 e. The monoisotopic (exact) mass is 377 g/mol. The molecule has 0 bridgehead atoms. The highest BCUT2D eigenvalue weighted by Gasteiger charge is 2.12. The zero-order valence-electron chi connectivity index (χ0n) is 14.7. The summed E-state index contributed by atoms with van der Waals surface area (Å²) in [7, 11) is 1.75. The third kappa shape index (κ3) is 3.40. The number of pyridine rings is 1. The number of fused-ring (bicyclic) bond motifs is 1. The molecule has 0 aliphatic rings. The molecule has 1 aromatic carbocycles. The normalized spacial score (nSPS) is 10.8. The van der Waals surface area contributed by atoms with Crippen molar-refractivity contribution < 1.29 is 19.4 Å². The topological polar surface area (TPSA) is 111 Å². The molecule has 28 heavy (non-hydrogen) atoms. The highest BCUT2D eigenvalue weighted by Crippen LogP contribution is 2.26. The minimum absolute atomic E-state index is 0.182. The molecule has 4 aromatic rings. The van der Waals surface area contributed by atoms with E-state index in [-0.39, 0.29) is 5.69 Å². The van der Waals surface area contributed by atoms with Crippen molar-refractivity contribution in [1.82, 2.24) is 19.3 Å². The van der Waals surface area contributed by atoms with Gasteiger partial charge in [-0.15, -0.1) is 0 Å². The van der Waals surface area contributed by atoms with Crippen molar-refractivity contribution in [2.75, 3.05) is 5.32 Å².